The van der Waals surface area contributed by atoms with Crippen LogP contribution in [0.1, 0.15) is 45.4 Å². The second kappa shape index (κ2) is 26.0. The van der Waals surface area contributed by atoms with Gasteiger partial charge in [-0.05, 0) is 19.3 Å². The van der Waals surface area contributed by atoms with Gasteiger partial charge in [0.15, 0.2) is 6.29 Å². The standard InChI is InChI=1S/C6H10O4.C4H10O2.2C2H4/c7-5(8)3-1-2-4-6(9)10;1-2-3-4(5)6;2*1-2/h1-4H2,(H,7,8)(H,9,10);4-6H,2-3H2,1H3;2*1-2H2. The van der Waals surface area contributed by atoms with Gasteiger partial charge in [-0.3, -0.25) is 9.59 Å². The third-order valence-electron chi connectivity index (χ3n) is 1.58. The van der Waals surface area contributed by atoms with Crippen LogP contribution in [0.15, 0.2) is 26.3 Å². The van der Waals surface area contributed by atoms with Crippen molar-refractivity contribution in [3.63, 3.8) is 0 Å². The van der Waals surface area contributed by atoms with Crippen molar-refractivity contribution < 1.29 is 30.0 Å². The molecule has 0 aromatic carbocycles. The molecule has 0 atom stereocenters. The number of aliphatic carboxylic acids is 2. The quantitative estimate of drug-likeness (QED) is 0.325. The van der Waals surface area contributed by atoms with Gasteiger partial charge < -0.3 is 20.4 Å². The van der Waals surface area contributed by atoms with Crippen molar-refractivity contribution in [3.8, 4) is 0 Å². The lowest BCUT2D eigenvalue weighted by Crippen LogP contribution is -2.01. The first-order valence-corrected chi connectivity index (χ1v) is 6.19. The number of rotatable bonds is 7. The molecule has 4 N–H and O–H groups in total. The molecule has 0 unspecified atom stereocenters. The molecular formula is C14H28O6. The van der Waals surface area contributed by atoms with Gasteiger partial charge in [0.1, 0.15) is 0 Å². The molecule has 6 heteroatoms. The molecule has 0 fully saturated rings. The molecule has 0 amide bonds. The average Bonchev–Trinajstić information content (AvgIpc) is 2.39. The highest BCUT2D eigenvalue weighted by atomic mass is 16.5. The molecular weight excluding hydrogens is 264 g/mol. The molecule has 0 saturated heterocycles. The number of carboxylic acids is 2. The van der Waals surface area contributed by atoms with Crippen LogP contribution in [0.25, 0.3) is 0 Å². The number of hydrogen-bond acceptors (Lipinski definition) is 4. The number of hydrogen-bond donors (Lipinski definition) is 4. The predicted octanol–water partition coefficient (Wildman–Crippen LogP) is 2.42. The molecule has 0 aromatic rings. The fourth-order valence-electron chi connectivity index (χ4n) is 0.811. The normalized spacial score (nSPS) is 8.00. The zero-order chi connectivity index (χ0) is 17.0. The van der Waals surface area contributed by atoms with Crippen molar-refractivity contribution in [1.82, 2.24) is 0 Å². The van der Waals surface area contributed by atoms with Gasteiger partial charge in [0.2, 0.25) is 0 Å². The van der Waals surface area contributed by atoms with E-state index in [0.717, 1.165) is 6.42 Å². The average molecular weight is 292 g/mol. The van der Waals surface area contributed by atoms with Crippen molar-refractivity contribution in [2.75, 3.05) is 0 Å². The number of aliphatic hydroxyl groups excluding tert-OH is 1. The summed E-state index contributed by atoms with van der Waals surface area (Å²) in [6, 6.07) is 0. The Hall–Kier alpha value is -1.66. The van der Waals surface area contributed by atoms with Crippen LogP contribution in [-0.4, -0.2) is 38.7 Å². The van der Waals surface area contributed by atoms with E-state index in [1.165, 1.54) is 0 Å². The lowest BCUT2D eigenvalue weighted by atomic mass is 10.2. The van der Waals surface area contributed by atoms with Crippen molar-refractivity contribution in [2.24, 2.45) is 0 Å². The van der Waals surface area contributed by atoms with E-state index in [-0.39, 0.29) is 12.8 Å². The summed E-state index contributed by atoms with van der Waals surface area (Å²) in [4.78, 5) is 19.8. The van der Waals surface area contributed by atoms with Crippen molar-refractivity contribution in [3.05, 3.63) is 26.3 Å². The number of aliphatic hydroxyl groups is 2. The van der Waals surface area contributed by atoms with Gasteiger partial charge >= 0.3 is 11.9 Å². The lowest BCUT2D eigenvalue weighted by Gasteiger charge is -1.94. The van der Waals surface area contributed by atoms with E-state index in [0.29, 0.717) is 19.3 Å². The molecule has 0 aromatic heterocycles. The zero-order valence-corrected chi connectivity index (χ0v) is 12.3. The summed E-state index contributed by atoms with van der Waals surface area (Å²) in [6.07, 6.45) is 1.23. The molecule has 0 heterocycles. The summed E-state index contributed by atoms with van der Waals surface area (Å²) < 4.78 is 0. The van der Waals surface area contributed by atoms with E-state index in [1.54, 1.807) is 0 Å². The molecule has 0 aliphatic carbocycles. The minimum Gasteiger partial charge on any atom is -0.481 e. The zero-order valence-electron chi connectivity index (χ0n) is 12.3. The van der Waals surface area contributed by atoms with Gasteiger partial charge in [0.25, 0.3) is 0 Å². The molecule has 0 aliphatic rings. The summed E-state index contributed by atoms with van der Waals surface area (Å²) in [5.41, 5.74) is 0. The van der Waals surface area contributed by atoms with Crippen LogP contribution in [0.4, 0.5) is 0 Å². The largest absolute Gasteiger partial charge is 0.481 e. The van der Waals surface area contributed by atoms with Crippen LogP contribution in [-0.2, 0) is 9.59 Å². The van der Waals surface area contributed by atoms with Gasteiger partial charge in [-0.2, -0.15) is 0 Å². The van der Waals surface area contributed by atoms with Crippen LogP contribution in [0.3, 0.4) is 0 Å². The summed E-state index contributed by atoms with van der Waals surface area (Å²) in [7, 11) is 0. The van der Waals surface area contributed by atoms with Crippen LogP contribution < -0.4 is 0 Å². The Bertz CT molecular complexity index is 198. The fraction of sp³-hybridized carbons (Fsp3) is 0.571. The second-order valence-corrected chi connectivity index (χ2v) is 3.26. The van der Waals surface area contributed by atoms with Crippen LogP contribution in [0, 0.1) is 0 Å². The van der Waals surface area contributed by atoms with Crippen molar-refractivity contribution in [1.29, 1.82) is 0 Å². The number of unbranched alkanes of at least 4 members (excludes halogenated alkanes) is 1. The maximum Gasteiger partial charge on any atom is 0.303 e. The van der Waals surface area contributed by atoms with Gasteiger partial charge in [-0.25, -0.2) is 0 Å². The van der Waals surface area contributed by atoms with Gasteiger partial charge in [0.05, 0.1) is 0 Å². The number of carboxylic acid groups (broad SMARTS) is 2. The molecule has 20 heavy (non-hydrogen) atoms. The van der Waals surface area contributed by atoms with Gasteiger partial charge in [0, 0.05) is 12.8 Å². The summed E-state index contributed by atoms with van der Waals surface area (Å²) >= 11 is 0. The maximum absolute atomic E-state index is 9.90. The molecule has 120 valence electrons. The fourth-order valence-corrected chi connectivity index (χ4v) is 0.811. The molecule has 0 spiro atoms. The van der Waals surface area contributed by atoms with Crippen molar-refractivity contribution >= 4 is 11.9 Å². The third kappa shape index (κ3) is 55.3. The molecule has 0 saturated carbocycles. The Balaban J connectivity index is -0.000000109. The van der Waals surface area contributed by atoms with E-state index in [2.05, 4.69) is 26.3 Å². The molecule has 0 bridgehead atoms. The van der Waals surface area contributed by atoms with E-state index >= 15 is 0 Å². The Morgan fingerprint density at radius 1 is 0.900 bits per heavy atom. The predicted molar refractivity (Wildman–Crippen MR) is 79.4 cm³/mol. The van der Waals surface area contributed by atoms with Crippen LogP contribution in [0.2, 0.25) is 0 Å². The Kier molecular flexibility index (Phi) is 34.9. The van der Waals surface area contributed by atoms with Gasteiger partial charge in [-0.1, -0.05) is 13.3 Å². The maximum atomic E-state index is 9.90. The van der Waals surface area contributed by atoms with Gasteiger partial charge in [-0.15, -0.1) is 26.3 Å². The van der Waals surface area contributed by atoms with E-state index in [4.69, 9.17) is 20.4 Å². The van der Waals surface area contributed by atoms with E-state index in [1.807, 2.05) is 6.92 Å². The SMILES string of the molecule is C=C.C=C.CCCC(O)O.O=C(O)CCCCC(=O)O. The Morgan fingerprint density at radius 3 is 1.30 bits per heavy atom. The highest BCUT2D eigenvalue weighted by Gasteiger charge is 1.99. The molecule has 0 radical (unpaired) electrons. The van der Waals surface area contributed by atoms with E-state index in [9.17, 15) is 9.59 Å². The summed E-state index contributed by atoms with van der Waals surface area (Å²) in [6.45, 7) is 13.9. The summed E-state index contributed by atoms with van der Waals surface area (Å²) in [5, 5.41) is 32.5. The second-order valence-electron chi connectivity index (χ2n) is 3.26. The first-order valence-electron chi connectivity index (χ1n) is 6.19. The van der Waals surface area contributed by atoms with E-state index < -0.39 is 18.2 Å². The molecule has 0 rings (SSSR count). The minimum atomic E-state index is -1.10. The topological polar surface area (TPSA) is 115 Å². The Labute approximate surface area is 121 Å². The third-order valence-corrected chi connectivity index (χ3v) is 1.58. The Morgan fingerprint density at radius 2 is 1.20 bits per heavy atom. The first kappa shape index (κ1) is 26.8. The highest BCUT2D eigenvalue weighted by Crippen LogP contribution is 1.98. The molecule has 6 nitrogen and oxygen atoms in total. The monoisotopic (exact) mass is 292 g/mol. The van der Waals surface area contributed by atoms with Crippen LogP contribution >= 0.6 is 0 Å². The minimum absolute atomic E-state index is 0.0628. The smallest absolute Gasteiger partial charge is 0.303 e. The van der Waals surface area contributed by atoms with Crippen molar-refractivity contribution in [2.45, 2.75) is 51.7 Å². The number of carbonyl (C=O) groups is 2. The summed E-state index contributed by atoms with van der Waals surface area (Å²) in [5.74, 6) is -1.74. The molecule has 0 aliphatic heterocycles. The lowest BCUT2D eigenvalue weighted by molar-refractivity contribution is -0.139. The van der Waals surface area contributed by atoms with Crippen LogP contribution in [0.5, 0.6) is 0 Å². The first-order chi connectivity index (χ1) is 9.40. The highest BCUT2D eigenvalue weighted by molar-refractivity contribution is 5.67.